The highest BCUT2D eigenvalue weighted by Gasteiger charge is 2.33. The molecule has 3 rings (SSSR count). The van der Waals surface area contributed by atoms with E-state index in [2.05, 4.69) is 4.98 Å². The number of hydrogen-bond acceptors (Lipinski definition) is 6. The van der Waals surface area contributed by atoms with Crippen LogP contribution >= 0.6 is 0 Å². The molecular weight excluding hydrogens is 390 g/mol. The lowest BCUT2D eigenvalue weighted by molar-refractivity contribution is -0.146. The first-order valence-electron chi connectivity index (χ1n) is 9.98. The number of ether oxygens (including phenoxy) is 1. The van der Waals surface area contributed by atoms with Crippen molar-refractivity contribution in [3.05, 3.63) is 47.8 Å². The fourth-order valence-corrected chi connectivity index (χ4v) is 4.84. The van der Waals surface area contributed by atoms with Gasteiger partial charge in [-0.2, -0.15) is 0 Å². The number of imidazole rings is 1. The number of rotatable bonds is 8. The fourth-order valence-electron chi connectivity index (χ4n) is 3.71. The van der Waals surface area contributed by atoms with E-state index in [1.54, 1.807) is 24.6 Å². The number of carbonyl (C=O) groups is 1. The van der Waals surface area contributed by atoms with Crippen LogP contribution in [-0.4, -0.2) is 53.8 Å². The van der Waals surface area contributed by atoms with Gasteiger partial charge in [-0.05, 0) is 45.2 Å². The zero-order valence-corrected chi connectivity index (χ0v) is 18.1. The molecule has 1 atom stereocenters. The number of benzene rings is 1. The minimum absolute atomic E-state index is 0.104. The minimum Gasteiger partial charge on any atom is -0.468 e. The molecule has 0 N–H and O–H groups in total. The third kappa shape index (κ3) is 4.70. The Labute approximate surface area is 172 Å². The Balaban J connectivity index is 1.90. The van der Waals surface area contributed by atoms with E-state index in [0.29, 0.717) is 19.5 Å². The number of aryl methyl sites for hydroxylation is 1. The Kier molecular flexibility index (Phi) is 6.74. The van der Waals surface area contributed by atoms with E-state index < -0.39 is 15.1 Å². The van der Waals surface area contributed by atoms with Crippen molar-refractivity contribution in [3.8, 4) is 0 Å². The third-order valence-electron chi connectivity index (χ3n) is 5.45. The molecule has 0 radical (unpaired) electrons. The molecule has 1 aromatic carbocycles. The molecule has 1 saturated heterocycles. The molecule has 7 nitrogen and oxygen atoms in total. The standard InChI is InChI=1S/C21H29N3O4S/c1-16(2)29(26,27)21-22-14-18(15-23-12-7-10-19(23)20(25)28-3)24(21)13-11-17-8-5-4-6-9-17/h4-6,8-9,14,16,19H,7,10-13,15H2,1-3H3/t19-/m0/s1. The van der Waals surface area contributed by atoms with Gasteiger partial charge in [-0.1, -0.05) is 30.3 Å². The van der Waals surface area contributed by atoms with E-state index in [9.17, 15) is 13.2 Å². The predicted octanol–water partition coefficient (Wildman–Crippen LogP) is 2.45. The monoisotopic (exact) mass is 419 g/mol. The van der Waals surface area contributed by atoms with E-state index in [4.69, 9.17) is 4.74 Å². The van der Waals surface area contributed by atoms with Crippen LogP contribution in [0, 0.1) is 0 Å². The van der Waals surface area contributed by atoms with Crippen molar-refractivity contribution in [2.45, 2.75) is 62.6 Å². The first kappa shape index (κ1) is 21.5. The van der Waals surface area contributed by atoms with E-state index in [0.717, 1.165) is 30.6 Å². The van der Waals surface area contributed by atoms with Crippen LogP contribution in [0.15, 0.2) is 41.7 Å². The molecule has 0 unspecified atom stereocenters. The summed E-state index contributed by atoms with van der Waals surface area (Å²) in [4.78, 5) is 18.4. The van der Waals surface area contributed by atoms with Crippen LogP contribution in [-0.2, 0) is 38.9 Å². The SMILES string of the molecule is COC(=O)[C@@H]1CCCN1Cc1cnc(S(=O)(=O)C(C)C)n1CCc1ccccc1. The third-order valence-corrected chi connectivity index (χ3v) is 7.52. The lowest BCUT2D eigenvalue weighted by Gasteiger charge is -2.23. The quantitative estimate of drug-likeness (QED) is 0.612. The summed E-state index contributed by atoms with van der Waals surface area (Å²) in [5, 5.41) is -0.449. The maximum absolute atomic E-state index is 12.9. The number of hydrogen-bond donors (Lipinski definition) is 0. The van der Waals surface area contributed by atoms with Gasteiger partial charge >= 0.3 is 5.97 Å². The average molecular weight is 420 g/mol. The van der Waals surface area contributed by atoms with Crippen LogP contribution in [0.5, 0.6) is 0 Å². The second-order valence-corrected chi connectivity index (χ2v) is 10.1. The number of esters is 1. The number of likely N-dealkylation sites (tertiary alicyclic amines) is 1. The van der Waals surface area contributed by atoms with Crippen LogP contribution in [0.1, 0.15) is 37.9 Å². The highest BCUT2D eigenvalue weighted by atomic mass is 32.2. The Hall–Kier alpha value is -2.19. The first-order chi connectivity index (χ1) is 13.8. The van der Waals surface area contributed by atoms with Crippen molar-refractivity contribution in [2.75, 3.05) is 13.7 Å². The fraction of sp³-hybridized carbons (Fsp3) is 0.524. The summed E-state index contributed by atoms with van der Waals surface area (Å²) in [6.07, 6.45) is 4.00. The Morgan fingerprint density at radius 3 is 2.66 bits per heavy atom. The summed E-state index contributed by atoms with van der Waals surface area (Å²) < 4.78 is 32.5. The van der Waals surface area contributed by atoms with Crippen LogP contribution < -0.4 is 0 Å². The van der Waals surface area contributed by atoms with Gasteiger partial charge in [0.15, 0.2) is 0 Å². The molecule has 2 heterocycles. The molecule has 8 heteroatoms. The van der Waals surface area contributed by atoms with Gasteiger partial charge in [0.25, 0.3) is 0 Å². The minimum atomic E-state index is -3.52. The van der Waals surface area contributed by atoms with Crippen molar-refractivity contribution in [1.82, 2.24) is 14.5 Å². The topological polar surface area (TPSA) is 81.5 Å². The molecule has 2 aromatic rings. The molecule has 1 aliphatic rings. The molecule has 29 heavy (non-hydrogen) atoms. The Morgan fingerprint density at radius 2 is 2.00 bits per heavy atom. The van der Waals surface area contributed by atoms with Crippen molar-refractivity contribution in [2.24, 2.45) is 0 Å². The van der Waals surface area contributed by atoms with Gasteiger partial charge in [0, 0.05) is 13.1 Å². The second kappa shape index (κ2) is 9.09. The second-order valence-electron chi connectivity index (χ2n) is 7.66. The van der Waals surface area contributed by atoms with E-state index >= 15 is 0 Å². The first-order valence-corrected chi connectivity index (χ1v) is 11.5. The number of methoxy groups -OCH3 is 1. The largest absolute Gasteiger partial charge is 0.468 e. The number of nitrogens with zero attached hydrogens (tertiary/aromatic N) is 3. The number of sulfone groups is 1. The summed E-state index contributed by atoms with van der Waals surface area (Å²) in [5.41, 5.74) is 1.93. The number of aromatic nitrogens is 2. The molecule has 1 aliphatic heterocycles. The van der Waals surface area contributed by atoms with Crippen molar-refractivity contribution in [3.63, 3.8) is 0 Å². The Morgan fingerprint density at radius 1 is 1.28 bits per heavy atom. The van der Waals surface area contributed by atoms with Gasteiger partial charge in [0.1, 0.15) is 6.04 Å². The normalized spacial score (nSPS) is 17.7. The molecule has 0 aliphatic carbocycles. The van der Waals surface area contributed by atoms with Crippen molar-refractivity contribution < 1.29 is 17.9 Å². The summed E-state index contributed by atoms with van der Waals surface area (Å²) >= 11 is 0. The van der Waals surface area contributed by atoms with Crippen molar-refractivity contribution >= 4 is 15.8 Å². The molecule has 1 aromatic heterocycles. The lowest BCUT2D eigenvalue weighted by atomic mass is 10.1. The average Bonchev–Trinajstić information content (AvgIpc) is 3.34. The van der Waals surface area contributed by atoms with Gasteiger partial charge in [-0.3, -0.25) is 9.69 Å². The zero-order chi connectivity index (χ0) is 21.0. The lowest BCUT2D eigenvalue weighted by Crippen LogP contribution is -2.37. The molecular formula is C21H29N3O4S. The molecule has 0 bridgehead atoms. The summed E-state index contributed by atoms with van der Waals surface area (Å²) in [7, 11) is -2.12. The molecule has 1 fully saturated rings. The van der Waals surface area contributed by atoms with Gasteiger partial charge in [0.2, 0.25) is 15.0 Å². The molecule has 0 spiro atoms. The van der Waals surface area contributed by atoms with Crippen LogP contribution in [0.3, 0.4) is 0 Å². The summed E-state index contributed by atoms with van der Waals surface area (Å²) in [5.74, 6) is -0.243. The van der Waals surface area contributed by atoms with Crippen molar-refractivity contribution in [1.29, 1.82) is 0 Å². The van der Waals surface area contributed by atoms with Crippen LogP contribution in [0.2, 0.25) is 0 Å². The van der Waals surface area contributed by atoms with E-state index in [-0.39, 0.29) is 17.2 Å². The highest BCUT2D eigenvalue weighted by molar-refractivity contribution is 7.91. The maximum atomic E-state index is 12.9. The van der Waals surface area contributed by atoms with Gasteiger partial charge in [0.05, 0.1) is 24.3 Å². The van der Waals surface area contributed by atoms with E-state index in [1.165, 1.54) is 7.11 Å². The summed E-state index contributed by atoms with van der Waals surface area (Å²) in [6, 6.07) is 9.67. The zero-order valence-electron chi connectivity index (χ0n) is 17.2. The molecule has 158 valence electrons. The maximum Gasteiger partial charge on any atom is 0.323 e. The highest BCUT2D eigenvalue weighted by Crippen LogP contribution is 2.24. The molecule has 0 saturated carbocycles. The van der Waals surface area contributed by atoms with Gasteiger partial charge in [-0.15, -0.1) is 0 Å². The van der Waals surface area contributed by atoms with Crippen LogP contribution in [0.25, 0.3) is 0 Å². The smallest absolute Gasteiger partial charge is 0.323 e. The summed E-state index contributed by atoms with van der Waals surface area (Å²) in [6.45, 7) is 5.08. The Bertz CT molecular complexity index is 938. The van der Waals surface area contributed by atoms with Crippen LogP contribution in [0.4, 0.5) is 0 Å². The molecule has 0 amide bonds. The van der Waals surface area contributed by atoms with E-state index in [1.807, 2.05) is 35.2 Å². The number of carbonyl (C=O) groups excluding carboxylic acids is 1. The van der Waals surface area contributed by atoms with Gasteiger partial charge in [-0.25, -0.2) is 13.4 Å². The predicted molar refractivity (Wildman–Crippen MR) is 110 cm³/mol. The van der Waals surface area contributed by atoms with Gasteiger partial charge < -0.3 is 9.30 Å².